The van der Waals surface area contributed by atoms with Gasteiger partial charge in [0.2, 0.25) is 0 Å². The molecule has 1 unspecified atom stereocenters. The molecule has 6 nitrogen and oxygen atoms in total. The van der Waals surface area contributed by atoms with Crippen LogP contribution in [-0.4, -0.2) is 35.1 Å². The third-order valence-electron chi connectivity index (χ3n) is 5.53. The van der Waals surface area contributed by atoms with Crippen LogP contribution in [0.5, 0.6) is 11.5 Å². The molecule has 0 aliphatic carbocycles. The lowest BCUT2D eigenvalue weighted by Crippen LogP contribution is -2.05. The zero-order valence-electron chi connectivity index (χ0n) is 19.6. The predicted octanol–water partition coefficient (Wildman–Crippen LogP) is 6.18. The van der Waals surface area contributed by atoms with E-state index in [-0.39, 0.29) is 17.5 Å². The Hall–Kier alpha value is -3.78. The summed E-state index contributed by atoms with van der Waals surface area (Å²) in [4.78, 5) is 12.8. The average molecular weight is 493 g/mol. The average Bonchev–Trinajstić information content (AvgIpc) is 3.24. The summed E-state index contributed by atoms with van der Waals surface area (Å²) in [7, 11) is 3.20. The molecule has 180 valence electrons. The van der Waals surface area contributed by atoms with E-state index in [0.29, 0.717) is 28.5 Å². The van der Waals surface area contributed by atoms with Crippen molar-refractivity contribution in [1.82, 2.24) is 9.78 Å². The maximum absolute atomic E-state index is 13.4. The van der Waals surface area contributed by atoms with E-state index in [0.717, 1.165) is 16.1 Å². The molecule has 35 heavy (non-hydrogen) atoms. The van der Waals surface area contributed by atoms with Crippen molar-refractivity contribution in [2.24, 2.45) is 0 Å². The Balaban J connectivity index is 1.87. The molecule has 0 radical (unpaired) electrons. The second kappa shape index (κ2) is 10.7. The highest BCUT2D eigenvalue weighted by Gasteiger charge is 2.26. The minimum atomic E-state index is -0.950. The number of carboxylic acids is 1. The number of carboxylic acid groups (broad SMARTS) is 1. The Labute approximate surface area is 207 Å². The van der Waals surface area contributed by atoms with Gasteiger partial charge in [-0.2, -0.15) is 5.10 Å². The van der Waals surface area contributed by atoms with Gasteiger partial charge in [-0.25, -0.2) is 9.07 Å². The van der Waals surface area contributed by atoms with E-state index in [9.17, 15) is 14.3 Å². The molecule has 0 amide bonds. The number of rotatable bonds is 9. The van der Waals surface area contributed by atoms with Crippen LogP contribution in [0, 0.1) is 5.82 Å². The summed E-state index contributed by atoms with van der Waals surface area (Å²) < 4.78 is 25.7. The zero-order chi connectivity index (χ0) is 24.9. The number of ether oxygens (including phenoxy) is 2. The highest BCUT2D eigenvalue weighted by molar-refractivity contribution is 7.99. The van der Waals surface area contributed by atoms with Crippen LogP contribution in [0.3, 0.4) is 0 Å². The summed E-state index contributed by atoms with van der Waals surface area (Å²) in [5.41, 5.74) is 3.56. The van der Waals surface area contributed by atoms with Crippen molar-refractivity contribution in [2.75, 3.05) is 14.2 Å². The molecule has 0 aliphatic rings. The normalized spacial score (nSPS) is 11.8. The highest BCUT2D eigenvalue weighted by atomic mass is 32.2. The predicted molar refractivity (Wildman–Crippen MR) is 134 cm³/mol. The molecular weight excluding hydrogens is 467 g/mol. The maximum Gasteiger partial charge on any atom is 0.307 e. The van der Waals surface area contributed by atoms with Crippen molar-refractivity contribution in [2.45, 2.75) is 23.5 Å². The molecule has 0 fully saturated rings. The number of hydrogen-bond acceptors (Lipinski definition) is 5. The molecule has 8 heteroatoms. The Morgan fingerprint density at radius 1 is 0.971 bits per heavy atom. The van der Waals surface area contributed by atoms with Crippen molar-refractivity contribution >= 4 is 17.7 Å². The number of hydrogen-bond donors (Lipinski definition) is 1. The van der Waals surface area contributed by atoms with Gasteiger partial charge in [-0.3, -0.25) is 4.79 Å². The zero-order valence-corrected chi connectivity index (χ0v) is 20.4. The lowest BCUT2D eigenvalue weighted by Gasteiger charge is -2.12. The number of carbonyl (C=O) groups is 1. The Bertz CT molecular complexity index is 1300. The van der Waals surface area contributed by atoms with Crippen molar-refractivity contribution in [1.29, 1.82) is 0 Å². The van der Waals surface area contributed by atoms with Crippen LogP contribution in [0.4, 0.5) is 4.39 Å². The van der Waals surface area contributed by atoms with Crippen LogP contribution in [0.1, 0.15) is 23.4 Å². The van der Waals surface area contributed by atoms with Gasteiger partial charge in [-0.1, -0.05) is 0 Å². The Kier molecular flexibility index (Phi) is 7.41. The molecular formula is C27H25FN2O4S. The standard InChI is InChI=1S/C27H25FN2O4S/c1-17(35-23-14-6-19(28)7-15-23)26-24(16-25(31)32)27(18-4-10-21(33-2)11-5-18)30(29-26)20-8-12-22(34-3)13-9-20/h4-15,17H,16H2,1-3H3,(H,31,32). The van der Waals surface area contributed by atoms with E-state index in [1.54, 1.807) is 31.0 Å². The first kappa shape index (κ1) is 24.3. The van der Waals surface area contributed by atoms with Crippen molar-refractivity contribution in [3.63, 3.8) is 0 Å². The third kappa shape index (κ3) is 5.49. The van der Waals surface area contributed by atoms with Gasteiger partial charge in [-0.15, -0.1) is 11.8 Å². The van der Waals surface area contributed by atoms with E-state index < -0.39 is 5.97 Å². The van der Waals surface area contributed by atoms with Gasteiger partial charge in [0.15, 0.2) is 0 Å². The quantitative estimate of drug-likeness (QED) is 0.282. The fraction of sp³-hybridized carbons (Fsp3) is 0.185. The number of benzene rings is 3. The second-order valence-electron chi connectivity index (χ2n) is 7.84. The van der Waals surface area contributed by atoms with Crippen LogP contribution < -0.4 is 9.47 Å². The molecule has 1 aromatic heterocycles. The fourth-order valence-electron chi connectivity index (χ4n) is 3.85. The molecule has 1 heterocycles. The first-order valence-electron chi connectivity index (χ1n) is 10.9. The van der Waals surface area contributed by atoms with Gasteiger partial charge in [0.25, 0.3) is 0 Å². The van der Waals surface area contributed by atoms with Crippen LogP contribution in [0.15, 0.2) is 77.7 Å². The summed E-state index contributed by atoms with van der Waals surface area (Å²) in [6.45, 7) is 1.97. The molecule has 4 aromatic rings. The fourth-order valence-corrected chi connectivity index (χ4v) is 4.85. The number of aliphatic carboxylic acids is 1. The van der Waals surface area contributed by atoms with Gasteiger partial charge >= 0.3 is 5.97 Å². The molecule has 0 saturated heterocycles. The molecule has 0 bridgehead atoms. The summed E-state index contributed by atoms with van der Waals surface area (Å²) in [6, 6.07) is 21.1. The second-order valence-corrected chi connectivity index (χ2v) is 9.25. The minimum absolute atomic E-state index is 0.189. The number of nitrogens with zero attached hydrogens (tertiary/aromatic N) is 2. The van der Waals surface area contributed by atoms with Gasteiger partial charge in [0.1, 0.15) is 17.3 Å². The number of halogens is 1. The van der Waals surface area contributed by atoms with E-state index in [4.69, 9.17) is 14.6 Å². The van der Waals surface area contributed by atoms with Crippen molar-refractivity contribution in [3.05, 3.63) is 89.9 Å². The summed E-state index contributed by atoms with van der Waals surface area (Å²) >= 11 is 1.50. The van der Waals surface area contributed by atoms with Crippen LogP contribution >= 0.6 is 11.8 Å². The van der Waals surface area contributed by atoms with Gasteiger partial charge < -0.3 is 14.6 Å². The van der Waals surface area contributed by atoms with E-state index in [2.05, 4.69) is 0 Å². The topological polar surface area (TPSA) is 73.6 Å². The van der Waals surface area contributed by atoms with E-state index in [1.807, 2.05) is 55.5 Å². The minimum Gasteiger partial charge on any atom is -0.497 e. The largest absolute Gasteiger partial charge is 0.497 e. The number of aromatic nitrogens is 2. The van der Waals surface area contributed by atoms with Crippen LogP contribution in [-0.2, 0) is 11.2 Å². The monoisotopic (exact) mass is 492 g/mol. The molecule has 0 aliphatic heterocycles. The molecule has 0 spiro atoms. The molecule has 1 atom stereocenters. The summed E-state index contributed by atoms with van der Waals surface area (Å²) in [6.07, 6.45) is -0.193. The molecule has 1 N–H and O–H groups in total. The third-order valence-corrected chi connectivity index (χ3v) is 6.66. The van der Waals surface area contributed by atoms with Crippen molar-refractivity contribution in [3.8, 4) is 28.4 Å². The van der Waals surface area contributed by atoms with Crippen molar-refractivity contribution < 1.29 is 23.8 Å². The first-order valence-corrected chi connectivity index (χ1v) is 11.8. The molecule has 4 rings (SSSR count). The molecule has 0 saturated carbocycles. The van der Waals surface area contributed by atoms with E-state index >= 15 is 0 Å². The van der Waals surface area contributed by atoms with Crippen LogP contribution in [0.25, 0.3) is 16.9 Å². The van der Waals surface area contributed by atoms with Gasteiger partial charge in [0, 0.05) is 16.0 Å². The molecule has 3 aromatic carbocycles. The SMILES string of the molecule is COc1ccc(-c2c(CC(=O)O)c(C(C)Sc3ccc(F)cc3)nn2-c2ccc(OC)cc2)cc1. The first-order chi connectivity index (χ1) is 16.9. The lowest BCUT2D eigenvalue weighted by molar-refractivity contribution is -0.136. The van der Waals surface area contributed by atoms with Crippen LogP contribution in [0.2, 0.25) is 0 Å². The summed E-state index contributed by atoms with van der Waals surface area (Å²) in [5, 5.41) is 14.5. The Morgan fingerprint density at radius 3 is 2.09 bits per heavy atom. The van der Waals surface area contributed by atoms with Gasteiger partial charge in [0.05, 0.1) is 43.0 Å². The number of methoxy groups -OCH3 is 2. The number of thioether (sulfide) groups is 1. The highest BCUT2D eigenvalue weighted by Crippen LogP contribution is 2.40. The Morgan fingerprint density at radius 2 is 1.54 bits per heavy atom. The maximum atomic E-state index is 13.4. The summed E-state index contributed by atoms with van der Waals surface area (Å²) in [5.74, 6) is 0.149. The smallest absolute Gasteiger partial charge is 0.307 e. The van der Waals surface area contributed by atoms with E-state index in [1.165, 1.54) is 23.9 Å². The van der Waals surface area contributed by atoms with Gasteiger partial charge in [-0.05, 0) is 79.7 Å². The lowest BCUT2D eigenvalue weighted by atomic mass is 10.0.